The molecule has 25 heavy (non-hydrogen) atoms. The van der Waals surface area contributed by atoms with Gasteiger partial charge in [0.15, 0.2) is 6.61 Å². The van der Waals surface area contributed by atoms with Gasteiger partial charge in [0.25, 0.3) is 5.91 Å². The van der Waals surface area contributed by atoms with Crippen LogP contribution >= 0.6 is 12.4 Å². The summed E-state index contributed by atoms with van der Waals surface area (Å²) in [6, 6.07) is 7.80. The van der Waals surface area contributed by atoms with Crippen LogP contribution < -0.4 is 10.1 Å². The molecule has 0 radical (unpaired) electrons. The third kappa shape index (κ3) is 4.32. The lowest BCUT2D eigenvalue weighted by Gasteiger charge is -2.35. The number of halogens is 1. The molecule has 0 saturated carbocycles. The molecule has 1 saturated heterocycles. The number of para-hydroxylation sites is 1. The zero-order chi connectivity index (χ0) is 16.9. The summed E-state index contributed by atoms with van der Waals surface area (Å²) in [5, 5.41) is 3.34. The van der Waals surface area contributed by atoms with Gasteiger partial charge in [0.1, 0.15) is 17.6 Å². The maximum Gasteiger partial charge on any atom is 0.261 e. The fraction of sp³-hybridized carbons (Fsp3) is 0.444. The van der Waals surface area contributed by atoms with Crippen molar-refractivity contribution < 1.29 is 9.53 Å². The minimum absolute atomic E-state index is 0. The largest absolute Gasteiger partial charge is 0.483 e. The Kier molecular flexibility index (Phi) is 6.84. The predicted octanol–water partition coefficient (Wildman–Crippen LogP) is 1.96. The number of rotatable bonds is 5. The van der Waals surface area contributed by atoms with E-state index < -0.39 is 0 Å². The Morgan fingerprint density at radius 1 is 1.40 bits per heavy atom. The molecule has 1 N–H and O–H groups in total. The van der Waals surface area contributed by atoms with Gasteiger partial charge in [0, 0.05) is 39.1 Å². The second-order valence-electron chi connectivity index (χ2n) is 5.95. The van der Waals surface area contributed by atoms with Crippen LogP contribution in [0.5, 0.6) is 5.75 Å². The smallest absolute Gasteiger partial charge is 0.261 e. The van der Waals surface area contributed by atoms with E-state index >= 15 is 0 Å². The fourth-order valence-corrected chi connectivity index (χ4v) is 3.09. The van der Waals surface area contributed by atoms with E-state index in [0.717, 1.165) is 30.1 Å². The summed E-state index contributed by atoms with van der Waals surface area (Å²) < 4.78 is 7.76. The number of imidazole rings is 1. The molecule has 6 nitrogen and oxygen atoms in total. The number of ether oxygens (including phenoxy) is 1. The molecule has 2 heterocycles. The van der Waals surface area contributed by atoms with Gasteiger partial charge in [-0.05, 0) is 18.1 Å². The molecule has 7 heteroatoms. The first-order valence-electron chi connectivity index (χ1n) is 8.38. The third-order valence-corrected chi connectivity index (χ3v) is 4.42. The van der Waals surface area contributed by atoms with Gasteiger partial charge in [-0.3, -0.25) is 4.79 Å². The molecule has 0 bridgehead atoms. The summed E-state index contributed by atoms with van der Waals surface area (Å²) in [6.07, 6.45) is 4.55. The molecule has 1 fully saturated rings. The number of benzene rings is 1. The second kappa shape index (κ2) is 8.87. The van der Waals surface area contributed by atoms with Gasteiger partial charge in [0.2, 0.25) is 0 Å². The average molecular weight is 365 g/mol. The standard InChI is InChI=1S/C18H24N4O2.ClH/c1-3-14-6-4-5-7-16(14)24-13-17(23)22-11-8-19-12-15(22)18-20-9-10-21(18)2;/h4-7,9-10,15,19H,3,8,11-13H2,1-2H3;1H. The third-order valence-electron chi connectivity index (χ3n) is 4.42. The minimum atomic E-state index is -0.0590. The van der Waals surface area contributed by atoms with Crippen molar-refractivity contribution in [1.82, 2.24) is 19.8 Å². The van der Waals surface area contributed by atoms with Gasteiger partial charge in [0.05, 0.1) is 0 Å². The molecule has 1 atom stereocenters. The van der Waals surface area contributed by atoms with Crippen LogP contribution in [0.4, 0.5) is 0 Å². The van der Waals surface area contributed by atoms with Crippen LogP contribution in [0.1, 0.15) is 24.4 Å². The number of nitrogens with one attached hydrogen (secondary N) is 1. The molecule has 0 aliphatic carbocycles. The number of piperazine rings is 1. The zero-order valence-corrected chi connectivity index (χ0v) is 15.5. The highest BCUT2D eigenvalue weighted by atomic mass is 35.5. The molecular weight excluding hydrogens is 340 g/mol. The van der Waals surface area contributed by atoms with Crippen molar-refractivity contribution in [1.29, 1.82) is 0 Å². The number of amides is 1. The highest BCUT2D eigenvalue weighted by Gasteiger charge is 2.30. The lowest BCUT2D eigenvalue weighted by Crippen LogP contribution is -2.50. The molecule has 1 aliphatic rings. The first-order valence-corrected chi connectivity index (χ1v) is 8.38. The van der Waals surface area contributed by atoms with E-state index in [2.05, 4.69) is 17.2 Å². The number of aryl methyl sites for hydroxylation is 2. The first-order chi connectivity index (χ1) is 11.7. The van der Waals surface area contributed by atoms with E-state index in [1.807, 2.05) is 47.0 Å². The molecule has 0 spiro atoms. The summed E-state index contributed by atoms with van der Waals surface area (Å²) in [7, 11) is 1.95. The zero-order valence-electron chi connectivity index (χ0n) is 14.6. The fourth-order valence-electron chi connectivity index (χ4n) is 3.09. The number of carbonyl (C=O) groups is 1. The van der Waals surface area contributed by atoms with Crippen molar-refractivity contribution in [2.75, 3.05) is 26.2 Å². The van der Waals surface area contributed by atoms with E-state index in [4.69, 9.17) is 4.74 Å². The Morgan fingerprint density at radius 3 is 2.92 bits per heavy atom. The van der Waals surface area contributed by atoms with Crippen LogP contribution in [0.25, 0.3) is 0 Å². The quantitative estimate of drug-likeness (QED) is 0.881. The Balaban J connectivity index is 0.00000225. The minimum Gasteiger partial charge on any atom is -0.483 e. The molecule has 3 rings (SSSR count). The van der Waals surface area contributed by atoms with Crippen molar-refractivity contribution in [2.45, 2.75) is 19.4 Å². The molecule has 1 amide bonds. The molecule has 2 aromatic rings. The van der Waals surface area contributed by atoms with E-state index in [0.29, 0.717) is 13.1 Å². The van der Waals surface area contributed by atoms with E-state index in [1.165, 1.54) is 0 Å². The van der Waals surface area contributed by atoms with Crippen LogP contribution in [0.3, 0.4) is 0 Å². The number of hydrogen-bond acceptors (Lipinski definition) is 4. The highest BCUT2D eigenvalue weighted by Crippen LogP contribution is 2.22. The van der Waals surface area contributed by atoms with Crippen molar-refractivity contribution in [3.63, 3.8) is 0 Å². The van der Waals surface area contributed by atoms with Crippen LogP contribution in [0.2, 0.25) is 0 Å². The number of nitrogens with zero attached hydrogens (tertiary/aromatic N) is 3. The Labute approximate surface area is 154 Å². The van der Waals surface area contributed by atoms with Crippen molar-refractivity contribution >= 4 is 18.3 Å². The number of aromatic nitrogens is 2. The molecule has 136 valence electrons. The molecule has 1 aliphatic heterocycles. The maximum absolute atomic E-state index is 12.7. The van der Waals surface area contributed by atoms with Gasteiger partial charge >= 0.3 is 0 Å². The van der Waals surface area contributed by atoms with Crippen LogP contribution in [0, 0.1) is 0 Å². The van der Waals surface area contributed by atoms with Crippen molar-refractivity contribution in [2.24, 2.45) is 7.05 Å². The van der Waals surface area contributed by atoms with Gasteiger partial charge < -0.3 is 19.5 Å². The van der Waals surface area contributed by atoms with E-state index in [1.54, 1.807) is 6.20 Å². The second-order valence-corrected chi connectivity index (χ2v) is 5.95. The summed E-state index contributed by atoms with van der Waals surface area (Å²) in [5.41, 5.74) is 1.12. The van der Waals surface area contributed by atoms with Crippen LogP contribution in [-0.2, 0) is 18.3 Å². The lowest BCUT2D eigenvalue weighted by atomic mass is 10.1. The summed E-state index contributed by atoms with van der Waals surface area (Å²) in [4.78, 5) is 19.0. The summed E-state index contributed by atoms with van der Waals surface area (Å²) in [5.74, 6) is 1.68. The van der Waals surface area contributed by atoms with Crippen LogP contribution in [0.15, 0.2) is 36.7 Å². The van der Waals surface area contributed by atoms with Gasteiger partial charge in [-0.2, -0.15) is 0 Å². The average Bonchev–Trinajstić information content (AvgIpc) is 3.05. The predicted molar refractivity (Wildman–Crippen MR) is 99.1 cm³/mol. The topological polar surface area (TPSA) is 59.4 Å². The van der Waals surface area contributed by atoms with Gasteiger partial charge in [-0.1, -0.05) is 25.1 Å². The normalized spacial score (nSPS) is 17.0. The SMILES string of the molecule is CCc1ccccc1OCC(=O)N1CCNCC1c1nccn1C.Cl. The lowest BCUT2D eigenvalue weighted by molar-refractivity contribution is -0.137. The van der Waals surface area contributed by atoms with Crippen molar-refractivity contribution in [3.05, 3.63) is 48.0 Å². The maximum atomic E-state index is 12.7. The molecule has 1 aromatic heterocycles. The summed E-state index contributed by atoms with van der Waals surface area (Å²) in [6.45, 7) is 4.30. The molecule has 1 aromatic carbocycles. The Morgan fingerprint density at radius 2 is 2.20 bits per heavy atom. The molecule has 1 unspecified atom stereocenters. The Hall–Kier alpha value is -2.05. The van der Waals surface area contributed by atoms with E-state index in [9.17, 15) is 4.79 Å². The van der Waals surface area contributed by atoms with Gasteiger partial charge in [-0.15, -0.1) is 12.4 Å². The highest BCUT2D eigenvalue weighted by molar-refractivity contribution is 5.85. The first kappa shape index (κ1) is 19.3. The van der Waals surface area contributed by atoms with E-state index in [-0.39, 0.29) is 31.0 Å². The molecular formula is C18H25ClN4O2. The Bertz CT molecular complexity index is 704. The monoisotopic (exact) mass is 364 g/mol. The summed E-state index contributed by atoms with van der Waals surface area (Å²) >= 11 is 0. The van der Waals surface area contributed by atoms with Crippen LogP contribution in [-0.4, -0.2) is 46.6 Å². The number of hydrogen-bond donors (Lipinski definition) is 1. The van der Waals surface area contributed by atoms with Gasteiger partial charge in [-0.25, -0.2) is 4.98 Å². The number of carbonyl (C=O) groups excluding carboxylic acids is 1. The van der Waals surface area contributed by atoms with Crippen molar-refractivity contribution in [3.8, 4) is 5.75 Å².